The van der Waals surface area contributed by atoms with Crippen LogP contribution < -0.4 is 25.1 Å². The minimum atomic E-state index is -2.06. The van der Waals surface area contributed by atoms with Crippen molar-refractivity contribution in [3.05, 3.63) is 104 Å². The first kappa shape index (κ1) is 61.9. The lowest BCUT2D eigenvalue weighted by atomic mass is 9.78. The number of phenols is 1. The van der Waals surface area contributed by atoms with E-state index >= 15 is 14.0 Å². The number of amides is 2. The van der Waals surface area contributed by atoms with Gasteiger partial charge in [-0.05, 0) is 52.7 Å². The molecule has 7 aliphatic rings. The van der Waals surface area contributed by atoms with E-state index in [9.17, 15) is 34.5 Å². The molecule has 10 atom stereocenters. The number of pyridine rings is 1. The number of aryl methyl sites for hydroxylation is 1. The molecular weight excluding hydrogens is 1100 g/mol. The van der Waals surface area contributed by atoms with Crippen molar-refractivity contribution in [2.75, 3.05) is 71.7 Å². The number of anilines is 1. The van der Waals surface area contributed by atoms with Gasteiger partial charge in [0.1, 0.15) is 34.7 Å². The predicted molar refractivity (Wildman–Crippen MR) is 310 cm³/mol. The molecule has 1 unspecified atom stereocenters. The van der Waals surface area contributed by atoms with E-state index < -0.39 is 119 Å². The Morgan fingerprint density at radius 2 is 1.60 bits per heavy atom. The van der Waals surface area contributed by atoms with Crippen molar-refractivity contribution in [2.24, 2.45) is 28.8 Å². The molecule has 85 heavy (non-hydrogen) atoms. The summed E-state index contributed by atoms with van der Waals surface area (Å²) in [5.74, 6) is -9.56. The quantitative estimate of drug-likeness (QED) is 0.148. The number of rotatable bonds is 9. The van der Waals surface area contributed by atoms with Gasteiger partial charge in [0.05, 0.1) is 72.5 Å². The third-order valence-electron chi connectivity index (χ3n) is 17.4. The number of hydrogen-bond donors (Lipinski definition) is 4. The van der Waals surface area contributed by atoms with Crippen molar-refractivity contribution in [1.82, 2.24) is 19.7 Å². The van der Waals surface area contributed by atoms with Crippen LogP contribution in [0.1, 0.15) is 112 Å². The number of fused-ring (bicyclic) bond motifs is 15. The summed E-state index contributed by atoms with van der Waals surface area (Å²) in [5, 5.41) is 42.8. The van der Waals surface area contributed by atoms with E-state index in [2.05, 4.69) is 10.5 Å². The van der Waals surface area contributed by atoms with Crippen LogP contribution in [0.4, 0.5) is 10.1 Å². The number of Topliss-reactive ketones (excluding diaryl/α,β-unsaturated/α-hetero) is 2. The molecule has 0 radical (unpaired) electrons. The monoisotopic (exact) mass is 1180 g/mol. The number of aromatic nitrogens is 1. The zero-order valence-corrected chi connectivity index (χ0v) is 50.1. The Kier molecular flexibility index (Phi) is 18.1. The van der Waals surface area contributed by atoms with Gasteiger partial charge in [0.2, 0.25) is 11.6 Å². The number of morpholine rings is 1. The van der Waals surface area contributed by atoms with Gasteiger partial charge < -0.3 is 73.2 Å². The summed E-state index contributed by atoms with van der Waals surface area (Å²) in [6, 6.07) is 0.881. The van der Waals surface area contributed by atoms with Gasteiger partial charge in [-0.2, -0.15) is 0 Å². The summed E-state index contributed by atoms with van der Waals surface area (Å²) in [6.45, 7) is 16.4. The maximum atomic E-state index is 16.3. The summed E-state index contributed by atoms with van der Waals surface area (Å²) in [4.78, 5) is 96.1. The number of piperazine rings is 1. The highest BCUT2D eigenvalue weighted by molar-refractivity contribution is 6.33. The van der Waals surface area contributed by atoms with Crippen LogP contribution in [0.3, 0.4) is 0 Å². The summed E-state index contributed by atoms with van der Waals surface area (Å²) in [5.41, 5.74) is -0.749. The first-order valence-corrected chi connectivity index (χ1v) is 28.8. The molecule has 2 amide bonds. The third kappa shape index (κ3) is 11.7. The van der Waals surface area contributed by atoms with Crippen molar-refractivity contribution < 1.29 is 76.9 Å². The van der Waals surface area contributed by atoms with Gasteiger partial charge in [-0.15, -0.1) is 0 Å². The number of phenolic OH excluding ortho intramolecular Hbond substituents is 1. The third-order valence-corrected chi connectivity index (χ3v) is 17.4. The van der Waals surface area contributed by atoms with Gasteiger partial charge in [-0.3, -0.25) is 28.8 Å². The number of halogens is 1. The van der Waals surface area contributed by atoms with Crippen LogP contribution in [0.2, 0.25) is 0 Å². The molecule has 22 nitrogen and oxygen atoms in total. The number of carbonyl (C=O) groups excluding carboxylic acids is 5. The molecule has 5 aliphatic heterocycles. The smallest absolute Gasteiger partial charge is 0.302 e. The summed E-state index contributed by atoms with van der Waals surface area (Å²) in [6.07, 6.45) is 6.85. The van der Waals surface area contributed by atoms with Gasteiger partial charge in [-0.25, -0.2) is 4.39 Å². The van der Waals surface area contributed by atoms with Crippen molar-refractivity contribution in [3.63, 3.8) is 0 Å². The highest BCUT2D eigenvalue weighted by atomic mass is 19.1. The van der Waals surface area contributed by atoms with Crippen LogP contribution >= 0.6 is 0 Å². The Morgan fingerprint density at radius 3 is 2.25 bits per heavy atom. The van der Waals surface area contributed by atoms with Crippen LogP contribution in [0.25, 0.3) is 10.9 Å². The lowest BCUT2D eigenvalue weighted by Gasteiger charge is -2.41. The molecule has 2 aliphatic carbocycles. The second kappa shape index (κ2) is 24.8. The van der Waals surface area contributed by atoms with Gasteiger partial charge in [0.15, 0.2) is 29.3 Å². The van der Waals surface area contributed by atoms with Gasteiger partial charge in [0.25, 0.3) is 17.6 Å². The number of esters is 1. The van der Waals surface area contributed by atoms with E-state index in [1.54, 1.807) is 74.6 Å². The molecule has 4 N–H and O–H groups in total. The molecule has 3 fully saturated rings. The minimum absolute atomic E-state index is 0.00924. The maximum Gasteiger partial charge on any atom is 0.302 e. The Bertz CT molecular complexity index is 3410. The second-order valence-corrected chi connectivity index (χ2v) is 23.3. The van der Waals surface area contributed by atoms with Crippen LogP contribution in [-0.4, -0.2) is 168 Å². The topological polar surface area (TPSA) is 267 Å². The average Bonchev–Trinajstić information content (AvgIpc) is 1.71. The number of nitrogens with zero attached hydrogens (tertiary/aromatic N) is 5. The maximum absolute atomic E-state index is 16.3. The second-order valence-electron chi connectivity index (χ2n) is 23.3. The summed E-state index contributed by atoms with van der Waals surface area (Å²) in [7, 11) is 2.87. The zero-order valence-electron chi connectivity index (χ0n) is 50.1. The number of oxime groups is 1. The average molecular weight is 1180 g/mol. The first-order chi connectivity index (χ1) is 40.3. The molecule has 10 rings (SSSR count). The molecule has 0 spiro atoms. The van der Waals surface area contributed by atoms with E-state index in [4.69, 9.17) is 33.3 Å². The van der Waals surface area contributed by atoms with Crippen LogP contribution in [0.5, 0.6) is 17.2 Å². The fraction of sp³-hybridized carbons (Fsp3) is 0.532. The van der Waals surface area contributed by atoms with Crippen molar-refractivity contribution in [1.29, 1.82) is 0 Å². The summed E-state index contributed by atoms with van der Waals surface area (Å²) >= 11 is 0. The highest BCUT2D eigenvalue weighted by Crippen LogP contribution is 2.50. The Balaban J connectivity index is 1.10. The normalized spacial score (nSPS) is 29.7. The number of ketones is 2. The van der Waals surface area contributed by atoms with E-state index in [1.165, 1.54) is 66.4 Å². The highest BCUT2D eigenvalue weighted by Gasteiger charge is 2.53. The fourth-order valence-corrected chi connectivity index (χ4v) is 12.4. The molecule has 2 saturated heterocycles. The molecule has 23 heteroatoms. The Hall–Kier alpha value is -7.60. The number of ether oxygens (including phenoxy) is 6. The molecular formula is C62H77FN6O16. The van der Waals surface area contributed by atoms with E-state index in [-0.39, 0.29) is 114 Å². The Morgan fingerprint density at radius 1 is 0.894 bits per heavy atom. The summed E-state index contributed by atoms with van der Waals surface area (Å²) < 4.78 is 54.7. The SMILES string of the molecule is COc1c(N2CCN(C(=O)CO/N=C3/c4c5c(C)c(O)c6c4C(=O)C(N4CCOCC4)=C(NC(=O)/C(C)=C\C=C\[C@H](C)[C@H](O)[C@@H](C)[C@@H](O)[C@@H](C)[C@H](OC(C)=O)[C@H](C)[C@@H](OC)/C=C/O[C@@]3(C)O5)C6=O)C(C)C2)c(F)cc2c(=O)c(C)cn(C3CC3)c12. The first-order valence-electron chi connectivity index (χ1n) is 28.8. The van der Waals surface area contributed by atoms with Crippen LogP contribution in [0.15, 0.2) is 69.7 Å². The minimum Gasteiger partial charge on any atom is -0.507 e. The number of aromatic hydroxyl groups is 1. The van der Waals surface area contributed by atoms with Gasteiger partial charge in [0, 0.05) is 112 Å². The van der Waals surface area contributed by atoms with E-state index in [0.29, 0.717) is 11.1 Å². The molecule has 458 valence electrons. The zero-order chi connectivity index (χ0) is 61.7. The van der Waals surface area contributed by atoms with Gasteiger partial charge in [-0.1, -0.05) is 51.1 Å². The van der Waals surface area contributed by atoms with E-state index in [0.717, 1.165) is 12.8 Å². The van der Waals surface area contributed by atoms with Crippen molar-refractivity contribution >= 4 is 51.7 Å². The molecule has 1 saturated carbocycles. The van der Waals surface area contributed by atoms with Crippen LogP contribution in [-0.2, 0) is 38.2 Å². The number of methoxy groups -OCH3 is 2. The molecule has 3 aromatic rings. The lowest BCUT2D eigenvalue weighted by Crippen LogP contribution is -2.55. The number of nitrogens with one attached hydrogen (secondary N) is 1. The predicted octanol–water partition coefficient (Wildman–Crippen LogP) is 5.67. The number of carbonyl (C=O) groups is 5. The Labute approximate surface area is 492 Å². The van der Waals surface area contributed by atoms with Crippen molar-refractivity contribution in [2.45, 2.75) is 124 Å². The number of aliphatic hydroxyl groups is 2. The van der Waals surface area contributed by atoms with Crippen LogP contribution in [0, 0.1) is 43.3 Å². The number of benzene rings is 2. The lowest BCUT2D eigenvalue weighted by molar-refractivity contribution is -0.160. The number of aliphatic hydroxyl groups excluding tert-OH is 2. The fourth-order valence-electron chi connectivity index (χ4n) is 12.4. The molecule has 2 aromatic carbocycles. The van der Waals surface area contributed by atoms with E-state index in [1.807, 2.05) is 4.57 Å². The molecule has 1 aromatic heterocycles. The molecule has 6 heterocycles. The molecule has 5 bridgehead atoms. The number of hydrogen-bond acceptors (Lipinski definition) is 19. The number of allylic oxidation sites excluding steroid dienone is 4. The largest absolute Gasteiger partial charge is 0.507 e. The standard InChI is InChI=1S/C62H77FN6O16/c1-30-14-13-15-31(2)61(78)64-47-50(66-21-24-81-25-22-66)56(77)44-45(55(47)76)54(75)37(8)58-46(44)60(62(10,85-58)82-23-18-42(79-11)34(5)57(84-38(9)70)36(7)53(74)35(6)51(30)72)65-83-29-43(71)68-20-19-67(28-33(68)4)49-41(63)26-40-48(59(49)80-12)69(39-16-17-39)27-32(3)52(40)73/h13-15,18,23,26-27,30,33-36,39,42,51,53,57,72,74-75H,16-17,19-22,24-25,28-29H2,1-12H3,(H,64,78)/b14-13+,23-18+,31-15-,65-60-/t30-,33?,34+,35+,36+,42-,51-,53+,57+,62-/m0/s1. The van der Waals surface area contributed by atoms with Crippen molar-refractivity contribution in [3.8, 4) is 17.2 Å². The van der Waals surface area contributed by atoms with Gasteiger partial charge >= 0.3 is 5.97 Å².